The van der Waals surface area contributed by atoms with Crippen LogP contribution in [0.2, 0.25) is 5.02 Å². The number of hydrogen-bond donors (Lipinski definition) is 1. The highest BCUT2D eigenvalue weighted by Gasteiger charge is 2.47. The number of nitrogens with two attached hydrogens (primary N) is 1. The zero-order valence-corrected chi connectivity index (χ0v) is 20.5. The number of aromatic nitrogens is 1. The van der Waals surface area contributed by atoms with Gasteiger partial charge in [0.1, 0.15) is 11.5 Å². The van der Waals surface area contributed by atoms with Gasteiger partial charge >= 0.3 is 0 Å². The number of ether oxygens (including phenoxy) is 2. The molecule has 35 heavy (non-hydrogen) atoms. The molecule has 0 bridgehead atoms. The fraction of sp³-hybridized carbons (Fsp3) is 0.308. The zero-order valence-electron chi connectivity index (χ0n) is 18.9. The van der Waals surface area contributed by atoms with Gasteiger partial charge in [0.25, 0.3) is 0 Å². The summed E-state index contributed by atoms with van der Waals surface area (Å²) in [5, 5.41) is 0.383. The number of carbonyl (C=O) groups excluding carboxylic acids is 1. The van der Waals surface area contributed by atoms with Gasteiger partial charge in [0.2, 0.25) is 5.91 Å². The molecule has 9 heteroatoms. The normalized spacial score (nSPS) is 16.6. The summed E-state index contributed by atoms with van der Waals surface area (Å²) < 4.78 is 37.4. The van der Waals surface area contributed by atoms with Gasteiger partial charge < -0.3 is 15.2 Å². The highest BCUT2D eigenvalue weighted by Crippen LogP contribution is 2.53. The van der Waals surface area contributed by atoms with Crippen LogP contribution < -0.4 is 10.5 Å². The molecule has 3 aromatic rings. The van der Waals surface area contributed by atoms with Gasteiger partial charge in [0.05, 0.1) is 23.2 Å². The molecule has 1 heterocycles. The molecule has 0 saturated heterocycles. The average Bonchev–Trinajstić information content (AvgIpc) is 3.75. The maximum atomic E-state index is 12.5. The maximum absolute atomic E-state index is 12.5. The molecule has 0 aliphatic heterocycles. The minimum atomic E-state index is -3.85. The second-order valence-electron chi connectivity index (χ2n) is 9.00. The molecule has 1 aromatic heterocycles. The summed E-state index contributed by atoms with van der Waals surface area (Å²) in [7, 11) is -3.85. The summed E-state index contributed by atoms with van der Waals surface area (Å²) in [6.45, 7) is 0.104. The summed E-state index contributed by atoms with van der Waals surface area (Å²) in [5.41, 5.74) is 8.00. The van der Waals surface area contributed by atoms with Gasteiger partial charge in [-0.25, -0.2) is 8.42 Å². The summed E-state index contributed by atoms with van der Waals surface area (Å²) in [6.07, 6.45) is 7.59. The third-order valence-corrected chi connectivity index (χ3v) is 8.23. The molecule has 182 valence electrons. The van der Waals surface area contributed by atoms with Crippen molar-refractivity contribution >= 4 is 27.3 Å². The van der Waals surface area contributed by atoms with Crippen LogP contribution in [0.1, 0.15) is 36.8 Å². The van der Waals surface area contributed by atoms with E-state index in [1.807, 2.05) is 36.5 Å². The minimum absolute atomic E-state index is 0.0163. The van der Waals surface area contributed by atoms with Crippen LogP contribution in [0.3, 0.4) is 0 Å². The minimum Gasteiger partial charge on any atom is -0.490 e. The van der Waals surface area contributed by atoms with E-state index < -0.39 is 27.1 Å². The predicted octanol–water partition coefficient (Wildman–Crippen LogP) is 4.41. The Kier molecular flexibility index (Phi) is 6.29. The molecule has 2 aromatic carbocycles. The van der Waals surface area contributed by atoms with Gasteiger partial charge in [-0.1, -0.05) is 29.8 Å². The van der Waals surface area contributed by atoms with E-state index in [0.29, 0.717) is 10.6 Å². The molecule has 0 atom stereocenters. The molecule has 5 rings (SSSR count). The first-order chi connectivity index (χ1) is 16.8. The number of hydrogen-bond acceptors (Lipinski definition) is 6. The number of sulfone groups is 1. The predicted molar refractivity (Wildman–Crippen MR) is 132 cm³/mol. The number of benzene rings is 2. The Balaban J connectivity index is 1.42. The van der Waals surface area contributed by atoms with Crippen molar-refractivity contribution < 1.29 is 22.7 Å². The lowest BCUT2D eigenvalue weighted by Crippen LogP contribution is -2.23. The van der Waals surface area contributed by atoms with E-state index in [4.69, 9.17) is 26.8 Å². The Hall–Kier alpha value is -2.94. The molecule has 0 radical (unpaired) electrons. The third kappa shape index (κ3) is 5.19. The van der Waals surface area contributed by atoms with E-state index in [-0.39, 0.29) is 17.6 Å². The highest BCUT2D eigenvalue weighted by molar-refractivity contribution is 7.92. The van der Waals surface area contributed by atoms with Crippen LogP contribution in [-0.4, -0.2) is 31.2 Å². The third-order valence-electron chi connectivity index (χ3n) is 6.22. The van der Waals surface area contributed by atoms with E-state index in [1.165, 1.54) is 18.2 Å². The van der Waals surface area contributed by atoms with Crippen molar-refractivity contribution in [2.24, 2.45) is 5.73 Å². The lowest BCUT2D eigenvalue weighted by Gasteiger charge is -2.22. The van der Waals surface area contributed by atoms with E-state index in [2.05, 4.69) is 4.98 Å². The van der Waals surface area contributed by atoms with Crippen LogP contribution in [0.15, 0.2) is 65.8 Å². The second kappa shape index (κ2) is 9.26. The number of halogens is 1. The van der Waals surface area contributed by atoms with E-state index >= 15 is 0 Å². The Morgan fingerprint density at radius 3 is 2.60 bits per heavy atom. The maximum Gasteiger partial charge on any atom is 0.233 e. The van der Waals surface area contributed by atoms with Gasteiger partial charge in [-0.3, -0.25) is 9.78 Å². The number of rotatable bonds is 10. The number of amides is 1. The zero-order chi connectivity index (χ0) is 24.6. The van der Waals surface area contributed by atoms with Gasteiger partial charge in [-0.15, -0.1) is 0 Å². The monoisotopic (exact) mass is 512 g/mol. The van der Waals surface area contributed by atoms with Gasteiger partial charge in [0.15, 0.2) is 9.84 Å². The Morgan fingerprint density at radius 2 is 1.89 bits per heavy atom. The number of carbonyl (C=O) groups is 1. The Morgan fingerprint density at radius 1 is 1.11 bits per heavy atom. The van der Waals surface area contributed by atoms with Crippen molar-refractivity contribution in [3.05, 3.63) is 77.1 Å². The molecular formula is C26H25ClN2O5S. The van der Waals surface area contributed by atoms with Crippen LogP contribution in [0, 0.1) is 0 Å². The van der Waals surface area contributed by atoms with Gasteiger partial charge in [0, 0.05) is 28.5 Å². The summed E-state index contributed by atoms with van der Waals surface area (Å²) in [6, 6.07) is 14.2. The molecule has 2 aliphatic carbocycles. The number of primary amides is 1. The molecular weight excluding hydrogens is 488 g/mol. The van der Waals surface area contributed by atoms with Crippen LogP contribution in [0.4, 0.5) is 0 Å². The van der Waals surface area contributed by atoms with Crippen molar-refractivity contribution in [1.82, 2.24) is 4.98 Å². The average molecular weight is 513 g/mol. The van der Waals surface area contributed by atoms with Gasteiger partial charge in [-0.05, 0) is 67.1 Å². The Bertz CT molecular complexity index is 1380. The molecule has 1 amide bonds. The van der Waals surface area contributed by atoms with E-state index in [0.717, 1.165) is 48.1 Å². The van der Waals surface area contributed by atoms with Crippen molar-refractivity contribution in [2.75, 3.05) is 5.75 Å². The molecule has 2 aliphatic rings. The largest absolute Gasteiger partial charge is 0.490 e. The molecule has 2 N–H and O–H groups in total. The van der Waals surface area contributed by atoms with Crippen molar-refractivity contribution in [2.45, 2.75) is 48.9 Å². The van der Waals surface area contributed by atoms with Crippen molar-refractivity contribution in [1.29, 1.82) is 0 Å². The number of nitrogens with zero attached hydrogens (tertiary/aromatic N) is 1. The van der Waals surface area contributed by atoms with Crippen molar-refractivity contribution in [3.8, 4) is 16.9 Å². The first-order valence-electron chi connectivity index (χ1n) is 11.4. The molecule has 0 spiro atoms. The number of para-hydroxylation sites is 1. The van der Waals surface area contributed by atoms with Crippen LogP contribution in [-0.2, 0) is 31.6 Å². The molecule has 0 unspecified atom stereocenters. The standard InChI is InChI=1S/C26H25ClN2O5S/c27-23-8-7-19(35(31,32)16-25(28)30)13-17(23)15-33-26(10-11-26)22-14-29-12-9-20(22)21-3-1-2-4-24(21)34-18-5-6-18/h1-4,7-9,12-14,18H,5-6,10-11,15-16H2,(H2,28,30). The summed E-state index contributed by atoms with van der Waals surface area (Å²) in [4.78, 5) is 15.5. The first kappa shape index (κ1) is 23.8. The lowest BCUT2D eigenvalue weighted by molar-refractivity contribution is -0.115. The smallest absolute Gasteiger partial charge is 0.233 e. The topological polar surface area (TPSA) is 109 Å². The van der Waals surface area contributed by atoms with E-state index in [1.54, 1.807) is 6.20 Å². The fourth-order valence-electron chi connectivity index (χ4n) is 4.10. The lowest BCUT2D eigenvalue weighted by atomic mass is 9.96. The van der Waals surface area contributed by atoms with Gasteiger partial charge in [-0.2, -0.15) is 0 Å². The molecule has 2 fully saturated rings. The van der Waals surface area contributed by atoms with Crippen LogP contribution in [0.5, 0.6) is 5.75 Å². The highest BCUT2D eigenvalue weighted by atomic mass is 35.5. The first-order valence-corrected chi connectivity index (χ1v) is 13.4. The molecule has 7 nitrogen and oxygen atoms in total. The summed E-state index contributed by atoms with van der Waals surface area (Å²) >= 11 is 6.35. The number of pyridine rings is 1. The Labute approximate surface area is 209 Å². The quantitative estimate of drug-likeness (QED) is 0.431. The van der Waals surface area contributed by atoms with Crippen LogP contribution >= 0.6 is 11.6 Å². The fourth-order valence-corrected chi connectivity index (χ4v) is 5.41. The second-order valence-corrected chi connectivity index (χ2v) is 11.4. The van der Waals surface area contributed by atoms with Crippen LogP contribution in [0.25, 0.3) is 11.1 Å². The van der Waals surface area contributed by atoms with Crippen molar-refractivity contribution in [3.63, 3.8) is 0 Å². The van der Waals surface area contributed by atoms with E-state index in [9.17, 15) is 13.2 Å². The molecule has 2 saturated carbocycles. The SMILES string of the molecule is NC(=O)CS(=O)(=O)c1ccc(Cl)c(COC2(c3cnccc3-c3ccccc3OC3CC3)CC2)c1. The summed E-state index contributed by atoms with van der Waals surface area (Å²) in [5.74, 6) is -0.835.